The number of ketones is 1. The van der Waals surface area contributed by atoms with Gasteiger partial charge in [0.05, 0.1) is 0 Å². The Bertz CT molecular complexity index is 349. The summed E-state index contributed by atoms with van der Waals surface area (Å²) >= 11 is 2.12. The minimum Gasteiger partial charge on any atom is -0.300 e. The fraction of sp³-hybridized carbons (Fsp3) is 0.385. The van der Waals surface area contributed by atoms with Crippen molar-refractivity contribution in [1.29, 1.82) is 0 Å². The van der Waals surface area contributed by atoms with Gasteiger partial charge < -0.3 is 0 Å². The molecule has 0 saturated carbocycles. The quantitative estimate of drug-likeness (QED) is 0.327. The van der Waals surface area contributed by atoms with Crippen molar-refractivity contribution in [3.8, 4) is 0 Å². The van der Waals surface area contributed by atoms with Crippen LogP contribution in [0.25, 0.3) is 0 Å². The Morgan fingerprint density at radius 2 is 2.00 bits per heavy atom. The van der Waals surface area contributed by atoms with Gasteiger partial charge in [0.1, 0.15) is 0 Å². The van der Waals surface area contributed by atoms with Crippen LogP contribution in [0.2, 0.25) is 0 Å². The van der Waals surface area contributed by atoms with Gasteiger partial charge in [0.15, 0.2) is 5.78 Å². The molecule has 0 heterocycles. The molecule has 0 aliphatic rings. The molecule has 0 radical (unpaired) electrons. The standard InChI is InChI=1S/C13H18INO/c1-11(16)12(6-5-9-14)7-8-13(2,3)10-15-4/h5-10H,1-4H3/b8-7-,9-5+,12-6+,15-10?. The van der Waals surface area contributed by atoms with Crippen LogP contribution in [0.5, 0.6) is 0 Å². The summed E-state index contributed by atoms with van der Waals surface area (Å²) in [7, 11) is 1.75. The topological polar surface area (TPSA) is 29.4 Å². The van der Waals surface area contributed by atoms with Crippen LogP contribution in [0.1, 0.15) is 20.8 Å². The van der Waals surface area contributed by atoms with Gasteiger partial charge in [-0.25, -0.2) is 0 Å². The Morgan fingerprint density at radius 1 is 1.38 bits per heavy atom. The molecule has 88 valence electrons. The fourth-order valence-electron chi connectivity index (χ4n) is 1.11. The molecule has 0 aromatic carbocycles. The number of halogens is 1. The van der Waals surface area contributed by atoms with Crippen molar-refractivity contribution in [1.82, 2.24) is 0 Å². The molecule has 2 nitrogen and oxygen atoms in total. The molecule has 0 rings (SSSR count). The van der Waals surface area contributed by atoms with Gasteiger partial charge in [0.25, 0.3) is 0 Å². The van der Waals surface area contributed by atoms with E-state index in [0.29, 0.717) is 5.57 Å². The molecule has 0 aliphatic carbocycles. The first kappa shape index (κ1) is 15.3. The Kier molecular flexibility index (Phi) is 7.21. The zero-order chi connectivity index (χ0) is 12.6. The Hall–Kier alpha value is -0.710. The monoisotopic (exact) mass is 331 g/mol. The van der Waals surface area contributed by atoms with Crippen LogP contribution in [-0.4, -0.2) is 19.0 Å². The number of hydrogen-bond donors (Lipinski definition) is 0. The third-order valence-electron chi connectivity index (χ3n) is 1.91. The summed E-state index contributed by atoms with van der Waals surface area (Å²) < 4.78 is 1.87. The average molecular weight is 331 g/mol. The van der Waals surface area contributed by atoms with Crippen LogP contribution in [0, 0.1) is 5.41 Å². The maximum atomic E-state index is 11.3. The van der Waals surface area contributed by atoms with E-state index in [1.54, 1.807) is 14.0 Å². The van der Waals surface area contributed by atoms with E-state index in [1.807, 2.05) is 48.4 Å². The first-order valence-electron chi connectivity index (χ1n) is 5.03. The number of carbonyl (C=O) groups is 1. The molecule has 0 atom stereocenters. The highest BCUT2D eigenvalue weighted by atomic mass is 127. The van der Waals surface area contributed by atoms with Crippen LogP contribution in [0.15, 0.2) is 39.0 Å². The Morgan fingerprint density at radius 3 is 2.44 bits per heavy atom. The molecule has 0 aromatic rings. The van der Waals surface area contributed by atoms with Crippen molar-refractivity contribution in [2.24, 2.45) is 10.4 Å². The third kappa shape index (κ3) is 6.71. The zero-order valence-corrected chi connectivity index (χ0v) is 12.4. The van der Waals surface area contributed by atoms with Crippen LogP contribution < -0.4 is 0 Å². The van der Waals surface area contributed by atoms with E-state index < -0.39 is 0 Å². The second-order valence-electron chi connectivity index (χ2n) is 4.04. The number of aliphatic imine (C=N–C) groups is 1. The maximum Gasteiger partial charge on any atom is 0.159 e. The second kappa shape index (κ2) is 7.54. The van der Waals surface area contributed by atoms with Gasteiger partial charge in [-0.05, 0) is 11.0 Å². The summed E-state index contributed by atoms with van der Waals surface area (Å²) in [5, 5.41) is 0. The molecule has 0 unspecified atom stereocenters. The van der Waals surface area contributed by atoms with E-state index >= 15 is 0 Å². The molecule has 16 heavy (non-hydrogen) atoms. The van der Waals surface area contributed by atoms with Crippen molar-refractivity contribution in [3.05, 3.63) is 34.0 Å². The second-order valence-corrected chi connectivity index (χ2v) is 4.76. The number of Topliss-reactive ketones (excluding diaryl/α,β-unsaturated/α-hetero) is 1. The fourth-order valence-corrected chi connectivity index (χ4v) is 1.32. The lowest BCUT2D eigenvalue weighted by Gasteiger charge is -2.12. The molecule has 0 amide bonds. The van der Waals surface area contributed by atoms with E-state index in [1.165, 1.54) is 0 Å². The van der Waals surface area contributed by atoms with E-state index in [-0.39, 0.29) is 11.2 Å². The molecular formula is C13H18INO. The molecule has 0 spiro atoms. The molecule has 0 aromatic heterocycles. The normalized spacial score (nSPS) is 14.4. The number of hydrogen-bond acceptors (Lipinski definition) is 2. The third-order valence-corrected chi connectivity index (χ3v) is 2.32. The summed E-state index contributed by atoms with van der Waals surface area (Å²) in [6, 6.07) is 0. The first-order chi connectivity index (χ1) is 7.43. The molecule has 0 N–H and O–H groups in total. The lowest BCUT2D eigenvalue weighted by Crippen LogP contribution is -2.09. The van der Waals surface area contributed by atoms with Gasteiger partial charge in [-0.3, -0.25) is 9.79 Å². The SMILES string of the molecule is CN=CC(C)(C)\C=C/C(=C\C=C\I)C(C)=O. The molecule has 0 saturated heterocycles. The van der Waals surface area contributed by atoms with Crippen LogP contribution in [0.3, 0.4) is 0 Å². The van der Waals surface area contributed by atoms with Gasteiger partial charge in [-0.15, -0.1) is 0 Å². The van der Waals surface area contributed by atoms with Crippen LogP contribution >= 0.6 is 22.6 Å². The first-order valence-corrected chi connectivity index (χ1v) is 6.28. The Labute approximate surface area is 111 Å². The van der Waals surface area contributed by atoms with Crippen molar-refractivity contribution in [2.75, 3.05) is 7.05 Å². The lowest BCUT2D eigenvalue weighted by atomic mass is 9.93. The molecular weight excluding hydrogens is 313 g/mol. The van der Waals surface area contributed by atoms with Crippen molar-refractivity contribution in [2.45, 2.75) is 20.8 Å². The minimum atomic E-state index is -0.128. The largest absolute Gasteiger partial charge is 0.300 e. The lowest BCUT2D eigenvalue weighted by molar-refractivity contribution is -0.113. The highest BCUT2D eigenvalue weighted by Crippen LogP contribution is 2.15. The maximum absolute atomic E-state index is 11.3. The Balaban J connectivity index is 4.90. The highest BCUT2D eigenvalue weighted by Gasteiger charge is 2.10. The van der Waals surface area contributed by atoms with E-state index in [2.05, 4.69) is 27.6 Å². The van der Waals surface area contributed by atoms with Gasteiger partial charge in [0, 0.05) is 24.3 Å². The van der Waals surface area contributed by atoms with E-state index in [4.69, 9.17) is 0 Å². The van der Waals surface area contributed by atoms with E-state index in [0.717, 1.165) is 0 Å². The minimum absolute atomic E-state index is 0.0648. The number of rotatable bonds is 5. The summed E-state index contributed by atoms with van der Waals surface area (Å²) in [5.41, 5.74) is 0.572. The summed E-state index contributed by atoms with van der Waals surface area (Å²) in [6.45, 7) is 5.66. The number of allylic oxidation sites excluding steroid dienone is 5. The smallest absolute Gasteiger partial charge is 0.159 e. The predicted octanol–water partition coefficient (Wildman–Crippen LogP) is 3.73. The number of nitrogens with zero attached hydrogens (tertiary/aromatic N) is 1. The average Bonchev–Trinajstić information content (AvgIpc) is 2.17. The molecule has 0 bridgehead atoms. The molecule has 3 heteroatoms. The summed E-state index contributed by atoms with van der Waals surface area (Å²) in [4.78, 5) is 15.3. The van der Waals surface area contributed by atoms with Crippen LogP contribution in [-0.2, 0) is 4.79 Å². The van der Waals surface area contributed by atoms with Gasteiger partial charge in [0.2, 0.25) is 0 Å². The van der Waals surface area contributed by atoms with Gasteiger partial charge in [-0.1, -0.05) is 60.7 Å². The predicted molar refractivity (Wildman–Crippen MR) is 79.3 cm³/mol. The van der Waals surface area contributed by atoms with Gasteiger partial charge >= 0.3 is 0 Å². The number of carbonyl (C=O) groups excluding carboxylic acids is 1. The van der Waals surface area contributed by atoms with Crippen LogP contribution in [0.4, 0.5) is 0 Å². The molecule has 0 fully saturated rings. The van der Waals surface area contributed by atoms with E-state index in [9.17, 15) is 4.79 Å². The van der Waals surface area contributed by atoms with Crippen molar-refractivity contribution in [3.63, 3.8) is 0 Å². The zero-order valence-electron chi connectivity index (χ0n) is 10.2. The summed E-state index contributed by atoms with van der Waals surface area (Å²) in [5.74, 6) is 0.0648. The molecule has 0 aliphatic heterocycles. The summed E-state index contributed by atoms with van der Waals surface area (Å²) in [6.07, 6.45) is 9.34. The van der Waals surface area contributed by atoms with Crippen molar-refractivity contribution >= 4 is 34.6 Å². The van der Waals surface area contributed by atoms with Gasteiger partial charge in [-0.2, -0.15) is 0 Å². The van der Waals surface area contributed by atoms with Crippen molar-refractivity contribution < 1.29 is 4.79 Å². The highest BCUT2D eigenvalue weighted by molar-refractivity contribution is 14.1.